The van der Waals surface area contributed by atoms with Crippen LogP contribution in [-0.4, -0.2) is 21.8 Å². The molecule has 1 aliphatic carbocycles. The lowest BCUT2D eigenvalue weighted by atomic mass is 9.85. The highest BCUT2D eigenvalue weighted by atomic mass is 35.5. The number of hydrogen-bond acceptors (Lipinski definition) is 4. The number of ketones is 2. The predicted octanol–water partition coefficient (Wildman–Crippen LogP) is 3.08. The normalized spacial score (nSPS) is 15.3. The molecule has 0 aromatic heterocycles. The van der Waals surface area contributed by atoms with Crippen molar-refractivity contribution >= 4 is 23.2 Å². The molecule has 0 unspecified atom stereocenters. The Hall–Kier alpha value is -2.43. The van der Waals surface area contributed by atoms with E-state index in [-0.39, 0.29) is 28.2 Å². The van der Waals surface area contributed by atoms with Crippen LogP contribution in [0.5, 0.6) is 5.75 Å². The lowest BCUT2D eigenvalue weighted by Crippen LogP contribution is -2.21. The van der Waals surface area contributed by atoms with Gasteiger partial charge in [-0.05, 0) is 24.3 Å². The van der Waals surface area contributed by atoms with Crippen molar-refractivity contribution in [1.29, 1.82) is 0 Å². The van der Waals surface area contributed by atoms with Gasteiger partial charge in [0.05, 0.1) is 0 Å². The summed E-state index contributed by atoms with van der Waals surface area (Å²) in [5.41, 5.74) is 0.546. The molecule has 0 radical (unpaired) electrons. The molecule has 2 aromatic carbocycles. The second-order valence-corrected chi connectivity index (χ2v) is 5.38. The largest absolute Gasteiger partial charge is 0.508 e. The number of fused-ring (bicyclic) bond motifs is 1. The molecule has 5 heteroatoms. The number of hydrogen-bond donors (Lipinski definition) is 2. The molecule has 0 saturated carbocycles. The number of phenols is 1. The number of aliphatic hydroxyl groups is 1. The molecule has 1 atom stereocenters. The molecule has 0 heterocycles. The molecule has 22 heavy (non-hydrogen) atoms. The van der Waals surface area contributed by atoms with E-state index < -0.39 is 11.9 Å². The fraction of sp³-hybridized carbons (Fsp3) is 0.0588. The topological polar surface area (TPSA) is 74.6 Å². The first kappa shape index (κ1) is 14.5. The average Bonchev–Trinajstić information content (AvgIpc) is 2.52. The maximum atomic E-state index is 12.5. The third-order valence-corrected chi connectivity index (χ3v) is 3.80. The lowest BCUT2D eigenvalue weighted by Gasteiger charge is -2.20. The van der Waals surface area contributed by atoms with Gasteiger partial charge in [0.25, 0.3) is 0 Å². The first-order valence-corrected chi connectivity index (χ1v) is 6.93. The Bertz CT molecular complexity index is 823. The van der Waals surface area contributed by atoms with Crippen molar-refractivity contribution in [2.24, 2.45) is 0 Å². The fourth-order valence-corrected chi connectivity index (χ4v) is 2.63. The number of rotatable bonds is 2. The van der Waals surface area contributed by atoms with Gasteiger partial charge < -0.3 is 10.2 Å². The van der Waals surface area contributed by atoms with Crippen LogP contribution in [0.4, 0.5) is 0 Å². The highest BCUT2D eigenvalue weighted by Gasteiger charge is 2.31. The van der Waals surface area contributed by atoms with Crippen molar-refractivity contribution < 1.29 is 19.8 Å². The Kier molecular flexibility index (Phi) is 3.56. The van der Waals surface area contributed by atoms with E-state index in [1.165, 1.54) is 24.3 Å². The molecule has 0 amide bonds. The standard InChI is InChI=1S/C17H11ClO4/c18-9-5-6-14(19)12(7-9)17(22)13-8-15(20)10-3-1-2-4-11(10)16(13)21/h1-8,17,19,22H/t17-/m0/s1. The van der Waals surface area contributed by atoms with Gasteiger partial charge >= 0.3 is 0 Å². The van der Waals surface area contributed by atoms with Gasteiger partial charge in [-0.25, -0.2) is 0 Å². The lowest BCUT2D eigenvalue weighted by molar-refractivity contribution is 0.0946. The number of halogens is 1. The Morgan fingerprint density at radius 2 is 1.68 bits per heavy atom. The molecule has 4 nitrogen and oxygen atoms in total. The molecule has 2 N–H and O–H groups in total. The van der Waals surface area contributed by atoms with E-state index in [2.05, 4.69) is 0 Å². The van der Waals surface area contributed by atoms with Gasteiger partial charge in [-0.3, -0.25) is 9.59 Å². The van der Waals surface area contributed by atoms with E-state index in [4.69, 9.17) is 11.6 Å². The minimum atomic E-state index is -1.43. The number of aromatic hydroxyl groups is 1. The first-order chi connectivity index (χ1) is 10.5. The summed E-state index contributed by atoms with van der Waals surface area (Å²) in [7, 11) is 0. The van der Waals surface area contributed by atoms with Crippen LogP contribution in [0.3, 0.4) is 0 Å². The minimum Gasteiger partial charge on any atom is -0.508 e. The molecule has 0 bridgehead atoms. The van der Waals surface area contributed by atoms with Crippen LogP contribution in [0.15, 0.2) is 54.1 Å². The minimum absolute atomic E-state index is 0.0822. The van der Waals surface area contributed by atoms with Crippen molar-refractivity contribution in [3.8, 4) is 5.75 Å². The molecule has 0 fully saturated rings. The summed E-state index contributed by atoms with van der Waals surface area (Å²) in [5, 5.41) is 20.6. The van der Waals surface area contributed by atoms with Crippen LogP contribution < -0.4 is 0 Å². The molecule has 2 aromatic rings. The van der Waals surface area contributed by atoms with Crippen LogP contribution in [0.1, 0.15) is 32.4 Å². The molecule has 3 rings (SSSR count). The number of aliphatic hydroxyl groups excluding tert-OH is 1. The van der Waals surface area contributed by atoms with E-state index in [0.717, 1.165) is 6.08 Å². The quantitative estimate of drug-likeness (QED) is 0.893. The van der Waals surface area contributed by atoms with Gasteiger partial charge in [0.1, 0.15) is 11.9 Å². The van der Waals surface area contributed by atoms with E-state index in [0.29, 0.717) is 10.6 Å². The SMILES string of the molecule is O=C1C=C([C@@H](O)c2cc(Cl)ccc2O)C(=O)c2ccccc21. The van der Waals surface area contributed by atoms with Crippen molar-refractivity contribution in [2.45, 2.75) is 6.10 Å². The average molecular weight is 315 g/mol. The van der Waals surface area contributed by atoms with Crippen LogP contribution in [0, 0.1) is 0 Å². The third kappa shape index (κ3) is 2.32. The Labute approximate surface area is 131 Å². The zero-order chi connectivity index (χ0) is 15.9. The molecular weight excluding hydrogens is 304 g/mol. The zero-order valence-electron chi connectivity index (χ0n) is 11.3. The Morgan fingerprint density at radius 3 is 2.41 bits per heavy atom. The van der Waals surface area contributed by atoms with E-state index in [1.54, 1.807) is 18.2 Å². The van der Waals surface area contributed by atoms with Gasteiger partial charge in [0, 0.05) is 27.3 Å². The summed E-state index contributed by atoms with van der Waals surface area (Å²) in [4.78, 5) is 24.6. The van der Waals surface area contributed by atoms with Gasteiger partial charge in [-0.15, -0.1) is 0 Å². The molecule has 1 aliphatic rings. The zero-order valence-corrected chi connectivity index (χ0v) is 12.0. The predicted molar refractivity (Wildman–Crippen MR) is 81.3 cm³/mol. The highest BCUT2D eigenvalue weighted by Crippen LogP contribution is 2.35. The second kappa shape index (κ2) is 5.40. The molecule has 110 valence electrons. The highest BCUT2D eigenvalue weighted by molar-refractivity contribution is 6.30. The first-order valence-electron chi connectivity index (χ1n) is 6.55. The van der Waals surface area contributed by atoms with Crippen LogP contribution in [0.25, 0.3) is 0 Å². The summed E-state index contributed by atoms with van der Waals surface area (Å²) in [6.07, 6.45) is -0.320. The van der Waals surface area contributed by atoms with E-state index in [9.17, 15) is 19.8 Å². The summed E-state index contributed by atoms with van der Waals surface area (Å²) >= 11 is 5.85. The van der Waals surface area contributed by atoms with E-state index in [1.807, 2.05) is 0 Å². The van der Waals surface area contributed by atoms with E-state index >= 15 is 0 Å². The summed E-state index contributed by atoms with van der Waals surface area (Å²) < 4.78 is 0. The fourth-order valence-electron chi connectivity index (χ4n) is 2.45. The molecule has 0 aliphatic heterocycles. The van der Waals surface area contributed by atoms with Crippen molar-refractivity contribution in [2.75, 3.05) is 0 Å². The Morgan fingerprint density at radius 1 is 1.00 bits per heavy atom. The van der Waals surface area contributed by atoms with Gasteiger partial charge in [-0.1, -0.05) is 35.9 Å². The van der Waals surface area contributed by atoms with Crippen LogP contribution in [-0.2, 0) is 0 Å². The molecular formula is C17H11ClO4. The van der Waals surface area contributed by atoms with Crippen molar-refractivity contribution in [3.05, 3.63) is 75.8 Å². The van der Waals surface area contributed by atoms with Crippen LogP contribution in [0.2, 0.25) is 5.02 Å². The maximum absolute atomic E-state index is 12.5. The van der Waals surface area contributed by atoms with Gasteiger partial charge in [0.2, 0.25) is 0 Å². The third-order valence-electron chi connectivity index (χ3n) is 3.56. The summed E-state index contributed by atoms with van der Waals surface area (Å²) in [5.74, 6) is -0.996. The van der Waals surface area contributed by atoms with Gasteiger partial charge in [0.15, 0.2) is 11.6 Å². The maximum Gasteiger partial charge on any atom is 0.192 e. The monoisotopic (exact) mass is 314 g/mol. The van der Waals surface area contributed by atoms with Gasteiger partial charge in [-0.2, -0.15) is 0 Å². The number of allylic oxidation sites excluding steroid dienone is 1. The molecule has 0 saturated heterocycles. The van der Waals surface area contributed by atoms with Crippen molar-refractivity contribution in [3.63, 3.8) is 0 Å². The number of phenolic OH excluding ortho intramolecular Hbond substituents is 1. The number of carbonyl (C=O) groups is 2. The summed E-state index contributed by atoms with van der Waals surface area (Å²) in [6, 6.07) is 10.6. The van der Waals surface area contributed by atoms with Crippen molar-refractivity contribution in [1.82, 2.24) is 0 Å². The Balaban J connectivity index is 2.08. The number of benzene rings is 2. The summed E-state index contributed by atoms with van der Waals surface area (Å²) in [6.45, 7) is 0. The second-order valence-electron chi connectivity index (χ2n) is 4.94. The number of carbonyl (C=O) groups excluding carboxylic acids is 2. The number of Topliss-reactive ketones (excluding diaryl/α,β-unsaturated/α-hetero) is 1. The smallest absolute Gasteiger partial charge is 0.192 e. The van der Waals surface area contributed by atoms with Crippen LogP contribution >= 0.6 is 11.6 Å². The molecule has 0 spiro atoms.